The molecule has 20 heavy (non-hydrogen) atoms. The first-order valence-corrected chi connectivity index (χ1v) is 5.53. The zero-order valence-corrected chi connectivity index (χ0v) is 10.5. The number of nitro groups is 1. The van der Waals surface area contributed by atoms with Crippen molar-refractivity contribution >= 4 is 17.3 Å². The molecular weight excluding hydrogens is 278 g/mol. The summed E-state index contributed by atoms with van der Waals surface area (Å²) in [7, 11) is 0. The fraction of sp³-hybridized carbons (Fsp3) is 0.364. The maximum Gasteiger partial charge on any atom is 0.387 e. The fourth-order valence-corrected chi connectivity index (χ4v) is 1.53. The van der Waals surface area contributed by atoms with Crippen molar-refractivity contribution in [2.24, 2.45) is 0 Å². The third kappa shape index (κ3) is 3.77. The van der Waals surface area contributed by atoms with Gasteiger partial charge in [0.15, 0.2) is 0 Å². The molecule has 0 bridgehead atoms. The van der Waals surface area contributed by atoms with Crippen LogP contribution in [-0.2, 0) is 16.0 Å². The Morgan fingerprint density at radius 2 is 2.15 bits per heavy atom. The molecule has 0 aliphatic rings. The molecule has 7 nitrogen and oxygen atoms in total. The maximum absolute atomic E-state index is 12.1. The van der Waals surface area contributed by atoms with Gasteiger partial charge in [-0.3, -0.25) is 14.9 Å². The first-order valence-electron chi connectivity index (χ1n) is 5.53. The molecule has 0 atom stereocenters. The SMILES string of the molecule is CCOC(=O)Cc1ccc(OC(F)F)c([N+](=O)[O-])c1N. The van der Waals surface area contributed by atoms with Gasteiger partial charge >= 0.3 is 18.3 Å². The maximum atomic E-state index is 12.1. The minimum absolute atomic E-state index is 0.108. The summed E-state index contributed by atoms with van der Waals surface area (Å²) in [5.74, 6) is -1.29. The predicted molar refractivity (Wildman–Crippen MR) is 64.5 cm³/mol. The lowest BCUT2D eigenvalue weighted by molar-refractivity contribution is -0.385. The summed E-state index contributed by atoms with van der Waals surface area (Å²) in [5.41, 5.74) is 4.44. The molecule has 0 aliphatic heterocycles. The van der Waals surface area contributed by atoms with Crippen LogP contribution in [0, 0.1) is 10.1 Å². The Kier molecular flexibility index (Phi) is 5.18. The molecule has 0 spiro atoms. The number of anilines is 1. The summed E-state index contributed by atoms with van der Waals surface area (Å²) in [4.78, 5) is 21.2. The van der Waals surface area contributed by atoms with Crippen LogP contribution in [0.2, 0.25) is 0 Å². The average molecular weight is 290 g/mol. The van der Waals surface area contributed by atoms with Crippen molar-refractivity contribution in [2.75, 3.05) is 12.3 Å². The second kappa shape index (κ2) is 6.64. The number of carbonyl (C=O) groups excluding carboxylic acids is 1. The monoisotopic (exact) mass is 290 g/mol. The third-order valence-corrected chi connectivity index (χ3v) is 2.31. The van der Waals surface area contributed by atoms with Gasteiger partial charge in [0.25, 0.3) is 0 Å². The van der Waals surface area contributed by atoms with Crippen molar-refractivity contribution in [3.63, 3.8) is 0 Å². The van der Waals surface area contributed by atoms with E-state index < -0.39 is 34.6 Å². The van der Waals surface area contributed by atoms with Crippen molar-refractivity contribution in [1.29, 1.82) is 0 Å². The molecule has 0 fully saturated rings. The zero-order chi connectivity index (χ0) is 15.3. The molecule has 0 saturated heterocycles. The summed E-state index contributed by atoms with van der Waals surface area (Å²) in [6.07, 6.45) is -0.296. The van der Waals surface area contributed by atoms with Crippen LogP contribution in [0.3, 0.4) is 0 Å². The van der Waals surface area contributed by atoms with Gasteiger partial charge in [-0.25, -0.2) is 0 Å². The zero-order valence-electron chi connectivity index (χ0n) is 10.5. The van der Waals surface area contributed by atoms with E-state index in [0.29, 0.717) is 0 Å². The van der Waals surface area contributed by atoms with Crippen LogP contribution in [0.1, 0.15) is 12.5 Å². The second-order valence-electron chi connectivity index (χ2n) is 3.60. The first-order chi connectivity index (χ1) is 9.36. The lowest BCUT2D eigenvalue weighted by Gasteiger charge is -2.10. The van der Waals surface area contributed by atoms with E-state index in [4.69, 9.17) is 5.73 Å². The van der Waals surface area contributed by atoms with E-state index in [1.807, 2.05) is 0 Å². The molecule has 0 aromatic heterocycles. The molecule has 1 aromatic rings. The molecule has 0 amide bonds. The van der Waals surface area contributed by atoms with Gasteiger partial charge < -0.3 is 15.2 Å². The highest BCUT2D eigenvalue weighted by Crippen LogP contribution is 2.36. The highest BCUT2D eigenvalue weighted by Gasteiger charge is 2.25. The minimum Gasteiger partial charge on any atom is -0.466 e. The van der Waals surface area contributed by atoms with E-state index >= 15 is 0 Å². The number of nitrogens with two attached hydrogens (primary N) is 1. The molecule has 2 N–H and O–H groups in total. The number of nitro benzene ring substituents is 1. The Bertz CT molecular complexity index is 522. The minimum atomic E-state index is -3.22. The summed E-state index contributed by atoms with van der Waals surface area (Å²) in [6.45, 7) is -1.47. The summed E-state index contributed by atoms with van der Waals surface area (Å²) < 4.78 is 33.0. The van der Waals surface area contributed by atoms with Gasteiger partial charge in [0.2, 0.25) is 5.75 Å². The van der Waals surface area contributed by atoms with Gasteiger partial charge in [-0.2, -0.15) is 8.78 Å². The van der Waals surface area contributed by atoms with Crippen LogP contribution < -0.4 is 10.5 Å². The van der Waals surface area contributed by atoms with Crippen LogP contribution in [0.5, 0.6) is 5.75 Å². The number of nitrogen functional groups attached to an aromatic ring is 1. The lowest BCUT2D eigenvalue weighted by Crippen LogP contribution is -2.12. The van der Waals surface area contributed by atoms with Crippen molar-refractivity contribution in [2.45, 2.75) is 20.0 Å². The Labute approximate surface area is 112 Å². The quantitative estimate of drug-likeness (QED) is 0.371. The van der Waals surface area contributed by atoms with Crippen molar-refractivity contribution in [3.05, 3.63) is 27.8 Å². The number of nitrogens with zero attached hydrogens (tertiary/aromatic N) is 1. The van der Waals surface area contributed by atoms with E-state index in [2.05, 4.69) is 9.47 Å². The van der Waals surface area contributed by atoms with Crippen LogP contribution in [0.25, 0.3) is 0 Å². The van der Waals surface area contributed by atoms with Gasteiger partial charge in [0.1, 0.15) is 5.69 Å². The molecule has 1 aromatic carbocycles. The molecule has 0 saturated carbocycles. The van der Waals surface area contributed by atoms with E-state index in [-0.39, 0.29) is 18.6 Å². The van der Waals surface area contributed by atoms with E-state index in [9.17, 15) is 23.7 Å². The molecule has 110 valence electrons. The summed E-state index contributed by atoms with van der Waals surface area (Å²) >= 11 is 0. The smallest absolute Gasteiger partial charge is 0.387 e. The number of esters is 1. The number of alkyl halides is 2. The molecule has 0 unspecified atom stereocenters. The van der Waals surface area contributed by atoms with E-state index in [1.165, 1.54) is 6.07 Å². The number of carbonyl (C=O) groups is 1. The number of hydrogen-bond acceptors (Lipinski definition) is 6. The predicted octanol–water partition coefficient (Wildman–Crippen LogP) is 1.88. The van der Waals surface area contributed by atoms with Crippen molar-refractivity contribution in [1.82, 2.24) is 0 Å². The third-order valence-electron chi connectivity index (χ3n) is 2.31. The van der Waals surface area contributed by atoms with Gasteiger partial charge in [-0.15, -0.1) is 0 Å². The topological polar surface area (TPSA) is 105 Å². The molecule has 0 heterocycles. The Hall–Kier alpha value is -2.45. The molecular formula is C11H12F2N2O5. The number of rotatable bonds is 6. The first kappa shape index (κ1) is 15.6. The van der Waals surface area contributed by atoms with Crippen LogP contribution in [-0.4, -0.2) is 24.1 Å². The highest BCUT2D eigenvalue weighted by atomic mass is 19.3. The number of halogens is 2. The number of benzene rings is 1. The van der Waals surface area contributed by atoms with Crippen LogP contribution >= 0.6 is 0 Å². The van der Waals surface area contributed by atoms with Crippen molar-refractivity contribution in [3.8, 4) is 5.75 Å². The second-order valence-corrected chi connectivity index (χ2v) is 3.60. The molecule has 9 heteroatoms. The van der Waals surface area contributed by atoms with Gasteiger partial charge in [0.05, 0.1) is 18.0 Å². The normalized spacial score (nSPS) is 10.4. The summed E-state index contributed by atoms with van der Waals surface area (Å²) in [5, 5.41) is 10.9. The number of ether oxygens (including phenoxy) is 2. The van der Waals surface area contributed by atoms with Crippen LogP contribution in [0.4, 0.5) is 20.2 Å². The molecule has 0 aliphatic carbocycles. The van der Waals surface area contributed by atoms with E-state index in [1.54, 1.807) is 6.92 Å². The molecule has 1 rings (SSSR count). The number of hydrogen-bond donors (Lipinski definition) is 1. The van der Waals surface area contributed by atoms with Gasteiger partial charge in [0, 0.05) is 0 Å². The average Bonchev–Trinajstić information content (AvgIpc) is 2.32. The lowest BCUT2D eigenvalue weighted by atomic mass is 10.1. The Morgan fingerprint density at radius 1 is 1.50 bits per heavy atom. The standard InChI is InChI=1S/C11H12F2N2O5/c1-2-19-8(16)5-6-3-4-7(20-11(12)13)10(9(6)14)15(17)18/h3-4,11H,2,5,14H2,1H3. The van der Waals surface area contributed by atoms with E-state index in [0.717, 1.165) is 6.07 Å². The largest absolute Gasteiger partial charge is 0.466 e. The fourth-order valence-electron chi connectivity index (χ4n) is 1.53. The van der Waals surface area contributed by atoms with Crippen LogP contribution in [0.15, 0.2) is 12.1 Å². The Balaban J connectivity index is 3.15. The van der Waals surface area contributed by atoms with Gasteiger partial charge in [-0.1, -0.05) is 6.07 Å². The van der Waals surface area contributed by atoms with Gasteiger partial charge in [-0.05, 0) is 18.6 Å². The highest BCUT2D eigenvalue weighted by molar-refractivity contribution is 5.79. The molecule has 0 radical (unpaired) electrons. The van der Waals surface area contributed by atoms with Crippen molar-refractivity contribution < 1.29 is 28.0 Å². The Morgan fingerprint density at radius 3 is 2.65 bits per heavy atom. The summed E-state index contributed by atoms with van der Waals surface area (Å²) in [6, 6.07) is 2.17.